The lowest BCUT2D eigenvalue weighted by atomic mass is 10.1. The quantitative estimate of drug-likeness (QED) is 0.756. The van der Waals surface area contributed by atoms with Gasteiger partial charge in [0.05, 0.1) is 25.5 Å². The molecule has 24 heavy (non-hydrogen) atoms. The molecular weight excluding hydrogens is 320 g/mol. The highest BCUT2D eigenvalue weighted by molar-refractivity contribution is 5.90. The Kier molecular flexibility index (Phi) is 3.76. The van der Waals surface area contributed by atoms with Crippen LogP contribution < -0.4 is 20.9 Å². The van der Waals surface area contributed by atoms with Crippen molar-refractivity contribution < 1.29 is 18.3 Å². The van der Waals surface area contributed by atoms with Crippen LogP contribution in [0.25, 0.3) is 22.2 Å². The summed E-state index contributed by atoms with van der Waals surface area (Å²) in [5.41, 5.74) is 11.2. The Bertz CT molecular complexity index is 921. The SMILES string of the molecule is COc1cc(OC)c(F)c(-c2cc3cnc(N)nc3c(N)n2)c1F. The zero-order valence-corrected chi connectivity index (χ0v) is 12.8. The molecule has 0 fully saturated rings. The number of halogens is 2. The van der Waals surface area contributed by atoms with Crippen molar-refractivity contribution in [1.29, 1.82) is 0 Å². The largest absolute Gasteiger partial charge is 0.494 e. The van der Waals surface area contributed by atoms with E-state index >= 15 is 0 Å². The van der Waals surface area contributed by atoms with Crippen LogP contribution in [0.3, 0.4) is 0 Å². The van der Waals surface area contributed by atoms with E-state index in [0.29, 0.717) is 10.9 Å². The lowest BCUT2D eigenvalue weighted by Crippen LogP contribution is -2.03. The Labute approximate surface area is 135 Å². The predicted octanol–water partition coefficient (Wildman–Crippen LogP) is 2.15. The summed E-state index contributed by atoms with van der Waals surface area (Å²) in [5, 5.41) is 0.437. The van der Waals surface area contributed by atoms with Crippen molar-refractivity contribution in [2.75, 3.05) is 25.7 Å². The molecule has 3 rings (SSSR count). The van der Waals surface area contributed by atoms with Crippen molar-refractivity contribution in [3.8, 4) is 22.8 Å². The molecule has 0 saturated carbocycles. The molecule has 3 aromatic rings. The number of nitrogens with two attached hydrogens (primary N) is 2. The Morgan fingerprint density at radius 3 is 2.17 bits per heavy atom. The number of fused-ring (bicyclic) bond motifs is 1. The predicted molar refractivity (Wildman–Crippen MR) is 84.6 cm³/mol. The van der Waals surface area contributed by atoms with Gasteiger partial charge in [-0.3, -0.25) is 0 Å². The van der Waals surface area contributed by atoms with Gasteiger partial charge in [0.2, 0.25) is 5.95 Å². The van der Waals surface area contributed by atoms with Gasteiger partial charge in [-0.25, -0.2) is 23.7 Å². The van der Waals surface area contributed by atoms with Crippen molar-refractivity contribution in [1.82, 2.24) is 15.0 Å². The summed E-state index contributed by atoms with van der Waals surface area (Å²) in [6, 6.07) is 2.52. The van der Waals surface area contributed by atoms with Crippen molar-refractivity contribution in [3.63, 3.8) is 0 Å². The number of hydrogen-bond donors (Lipinski definition) is 2. The molecule has 124 valence electrons. The number of anilines is 2. The number of ether oxygens (including phenoxy) is 2. The lowest BCUT2D eigenvalue weighted by Gasteiger charge is -2.13. The molecule has 0 radical (unpaired) electrons. The monoisotopic (exact) mass is 333 g/mol. The number of pyridine rings is 1. The molecule has 0 amide bonds. The molecule has 7 nitrogen and oxygen atoms in total. The number of nitrogen functional groups attached to an aromatic ring is 2. The summed E-state index contributed by atoms with van der Waals surface area (Å²) < 4.78 is 39.0. The van der Waals surface area contributed by atoms with E-state index in [4.69, 9.17) is 20.9 Å². The number of methoxy groups -OCH3 is 2. The summed E-state index contributed by atoms with van der Waals surface area (Å²) in [6.45, 7) is 0. The number of nitrogens with zero attached hydrogens (tertiary/aromatic N) is 3. The first-order chi connectivity index (χ1) is 11.5. The first-order valence-electron chi connectivity index (χ1n) is 6.75. The van der Waals surface area contributed by atoms with Gasteiger partial charge in [-0.05, 0) is 6.07 Å². The standard InChI is InChI=1S/C15H13F2N5O2/c1-23-8-4-9(24-2)12(17)10(11(8)16)7-3-6-5-20-15(19)22-13(6)14(18)21-7/h3-5H,1-2H3,(H2,18,21)(H2,19,20,22). The minimum Gasteiger partial charge on any atom is -0.494 e. The molecule has 0 bridgehead atoms. The Morgan fingerprint density at radius 2 is 1.58 bits per heavy atom. The van der Waals surface area contributed by atoms with Gasteiger partial charge in [-0.1, -0.05) is 0 Å². The first kappa shape index (κ1) is 15.7. The third-order valence-electron chi connectivity index (χ3n) is 3.44. The minimum atomic E-state index is -0.918. The van der Waals surface area contributed by atoms with Crippen molar-refractivity contribution >= 4 is 22.7 Å². The van der Waals surface area contributed by atoms with E-state index < -0.39 is 17.2 Å². The number of aromatic nitrogens is 3. The van der Waals surface area contributed by atoms with Gasteiger partial charge >= 0.3 is 0 Å². The highest BCUT2D eigenvalue weighted by atomic mass is 19.1. The van der Waals surface area contributed by atoms with Crippen LogP contribution in [0.5, 0.6) is 11.5 Å². The second-order valence-electron chi connectivity index (χ2n) is 4.84. The van der Waals surface area contributed by atoms with Gasteiger partial charge in [-0.15, -0.1) is 0 Å². The van der Waals surface area contributed by atoms with Crippen LogP contribution in [0.1, 0.15) is 0 Å². The van der Waals surface area contributed by atoms with E-state index in [-0.39, 0.29) is 29.0 Å². The highest BCUT2D eigenvalue weighted by Gasteiger charge is 2.23. The maximum Gasteiger partial charge on any atom is 0.220 e. The summed E-state index contributed by atoms with van der Waals surface area (Å²) in [6.07, 6.45) is 1.40. The third kappa shape index (κ3) is 2.39. The molecule has 0 aliphatic rings. The molecule has 2 heterocycles. The second kappa shape index (κ2) is 5.76. The maximum atomic E-state index is 14.6. The van der Waals surface area contributed by atoms with Gasteiger partial charge in [0.15, 0.2) is 29.0 Å². The molecule has 9 heteroatoms. The van der Waals surface area contributed by atoms with E-state index in [1.165, 1.54) is 26.5 Å². The Morgan fingerprint density at radius 1 is 0.958 bits per heavy atom. The summed E-state index contributed by atoms with van der Waals surface area (Å²) in [7, 11) is 2.52. The van der Waals surface area contributed by atoms with E-state index in [1.54, 1.807) is 0 Å². The topological polar surface area (TPSA) is 109 Å². The van der Waals surface area contributed by atoms with Crippen LogP contribution in [0.15, 0.2) is 18.3 Å². The summed E-state index contributed by atoms with van der Waals surface area (Å²) >= 11 is 0. The molecule has 1 aromatic carbocycles. The van der Waals surface area contributed by atoms with Crippen LogP contribution >= 0.6 is 0 Å². The molecule has 0 unspecified atom stereocenters. The van der Waals surface area contributed by atoms with Crippen molar-refractivity contribution in [3.05, 3.63) is 30.0 Å². The van der Waals surface area contributed by atoms with Crippen LogP contribution in [0.2, 0.25) is 0 Å². The average molecular weight is 333 g/mol. The molecule has 0 spiro atoms. The first-order valence-corrected chi connectivity index (χ1v) is 6.75. The van der Waals surface area contributed by atoms with Gasteiger partial charge in [0.25, 0.3) is 0 Å². The smallest absolute Gasteiger partial charge is 0.220 e. The lowest BCUT2D eigenvalue weighted by molar-refractivity contribution is 0.359. The molecular formula is C15H13F2N5O2. The fourth-order valence-electron chi connectivity index (χ4n) is 2.32. The zero-order chi connectivity index (χ0) is 17.4. The fraction of sp³-hybridized carbons (Fsp3) is 0.133. The molecule has 2 aromatic heterocycles. The highest BCUT2D eigenvalue weighted by Crippen LogP contribution is 2.38. The van der Waals surface area contributed by atoms with Crippen molar-refractivity contribution in [2.24, 2.45) is 0 Å². The second-order valence-corrected chi connectivity index (χ2v) is 4.84. The van der Waals surface area contributed by atoms with Crippen LogP contribution in [-0.2, 0) is 0 Å². The fourth-order valence-corrected chi connectivity index (χ4v) is 2.32. The van der Waals surface area contributed by atoms with Crippen LogP contribution in [-0.4, -0.2) is 29.2 Å². The summed E-state index contributed by atoms with van der Waals surface area (Å²) in [5.74, 6) is -2.22. The number of hydrogen-bond acceptors (Lipinski definition) is 7. The zero-order valence-electron chi connectivity index (χ0n) is 12.8. The molecule has 0 aliphatic carbocycles. The normalized spacial score (nSPS) is 10.8. The maximum absolute atomic E-state index is 14.6. The summed E-state index contributed by atoms with van der Waals surface area (Å²) in [4.78, 5) is 11.8. The van der Waals surface area contributed by atoms with E-state index in [0.717, 1.165) is 6.07 Å². The van der Waals surface area contributed by atoms with Gasteiger partial charge in [0.1, 0.15) is 5.52 Å². The molecule has 4 N–H and O–H groups in total. The van der Waals surface area contributed by atoms with Gasteiger partial charge in [0, 0.05) is 17.6 Å². The van der Waals surface area contributed by atoms with E-state index in [9.17, 15) is 8.78 Å². The Hall–Kier alpha value is -3.23. The molecule has 0 atom stereocenters. The number of benzene rings is 1. The third-order valence-corrected chi connectivity index (χ3v) is 3.44. The average Bonchev–Trinajstić information content (AvgIpc) is 2.56. The van der Waals surface area contributed by atoms with Gasteiger partial charge in [-0.2, -0.15) is 0 Å². The Balaban J connectivity index is 2.33. The molecule has 0 aliphatic heterocycles. The van der Waals surface area contributed by atoms with Gasteiger partial charge < -0.3 is 20.9 Å². The van der Waals surface area contributed by atoms with Crippen LogP contribution in [0, 0.1) is 11.6 Å². The van der Waals surface area contributed by atoms with E-state index in [2.05, 4.69) is 15.0 Å². The van der Waals surface area contributed by atoms with Crippen LogP contribution in [0.4, 0.5) is 20.5 Å². The molecule has 0 saturated heterocycles. The minimum absolute atomic E-state index is 0.0177. The van der Waals surface area contributed by atoms with Crippen molar-refractivity contribution in [2.45, 2.75) is 0 Å². The van der Waals surface area contributed by atoms with E-state index in [1.807, 2.05) is 0 Å². The number of rotatable bonds is 3.